The second kappa shape index (κ2) is 10.2. The number of ether oxygens (including phenoxy) is 2. The molecule has 0 unspecified atom stereocenters. The van der Waals surface area contributed by atoms with E-state index in [4.69, 9.17) is 9.47 Å². The quantitative estimate of drug-likeness (QED) is 0.418. The summed E-state index contributed by atoms with van der Waals surface area (Å²) in [5, 5.41) is 49.8. The molecule has 154 valence electrons. The fourth-order valence-corrected chi connectivity index (χ4v) is 2.99. The van der Waals surface area contributed by atoms with Crippen molar-refractivity contribution in [2.45, 2.75) is 44.0 Å². The average Bonchev–Trinajstić information content (AvgIpc) is 2.68. The SMILES string of the molecule is COc1cc(CC[C@H](O)C[C@H](O)[C@@H](O)Cc2ccc(O)c(OC)c2)ccc1O. The number of hydrogen-bond donors (Lipinski definition) is 5. The summed E-state index contributed by atoms with van der Waals surface area (Å²) in [5.41, 5.74) is 1.59. The van der Waals surface area contributed by atoms with Gasteiger partial charge in [-0.25, -0.2) is 0 Å². The summed E-state index contributed by atoms with van der Waals surface area (Å²) in [6, 6.07) is 9.68. The molecule has 7 nitrogen and oxygen atoms in total. The predicted octanol–water partition coefficient (Wildman–Crippen LogP) is 1.76. The van der Waals surface area contributed by atoms with Crippen LogP contribution in [0.5, 0.6) is 23.0 Å². The van der Waals surface area contributed by atoms with E-state index in [2.05, 4.69) is 0 Å². The average molecular weight is 392 g/mol. The van der Waals surface area contributed by atoms with Crippen LogP contribution in [0.2, 0.25) is 0 Å². The van der Waals surface area contributed by atoms with Crippen LogP contribution in [0.15, 0.2) is 36.4 Å². The third-order valence-electron chi connectivity index (χ3n) is 4.66. The van der Waals surface area contributed by atoms with E-state index in [1.165, 1.54) is 26.4 Å². The Hall–Kier alpha value is -2.48. The van der Waals surface area contributed by atoms with Crippen molar-refractivity contribution in [1.29, 1.82) is 0 Å². The van der Waals surface area contributed by atoms with E-state index in [1.807, 2.05) is 0 Å². The highest BCUT2D eigenvalue weighted by atomic mass is 16.5. The van der Waals surface area contributed by atoms with Gasteiger partial charge in [0.25, 0.3) is 0 Å². The maximum Gasteiger partial charge on any atom is 0.160 e. The standard InChI is InChI=1S/C21H28O7/c1-27-20-10-13(4-7-16(20)23)3-6-15(22)12-19(26)18(25)9-14-5-8-17(24)21(11-14)28-2/h4-5,7-8,10-11,15,18-19,22-26H,3,6,9,12H2,1-2H3/t15-,18-,19-/m0/s1. The zero-order chi connectivity index (χ0) is 20.7. The first-order valence-electron chi connectivity index (χ1n) is 9.10. The maximum absolute atomic E-state index is 10.2. The van der Waals surface area contributed by atoms with E-state index in [0.29, 0.717) is 29.9 Å². The molecule has 0 amide bonds. The number of rotatable bonds is 10. The van der Waals surface area contributed by atoms with Gasteiger partial charge in [0.05, 0.1) is 32.5 Å². The Labute approximate surface area is 164 Å². The molecule has 2 aromatic carbocycles. The minimum absolute atomic E-state index is 0.00238. The first kappa shape index (κ1) is 21.8. The lowest BCUT2D eigenvalue weighted by atomic mass is 9.97. The zero-order valence-electron chi connectivity index (χ0n) is 16.1. The number of phenolic OH excluding ortho intramolecular Hbond substituents is 2. The molecule has 0 aliphatic carbocycles. The van der Waals surface area contributed by atoms with Gasteiger partial charge in [-0.1, -0.05) is 12.1 Å². The summed E-state index contributed by atoms with van der Waals surface area (Å²) in [6.45, 7) is 0. The minimum Gasteiger partial charge on any atom is -0.504 e. The molecule has 0 saturated carbocycles. The molecule has 0 radical (unpaired) electrons. The molecule has 2 rings (SSSR count). The molecule has 0 heterocycles. The molecular formula is C21H28O7. The fourth-order valence-electron chi connectivity index (χ4n) is 2.99. The van der Waals surface area contributed by atoms with Crippen LogP contribution < -0.4 is 9.47 Å². The molecule has 0 fully saturated rings. The molecule has 5 N–H and O–H groups in total. The van der Waals surface area contributed by atoms with Gasteiger partial charge in [0.1, 0.15) is 0 Å². The number of hydrogen-bond acceptors (Lipinski definition) is 7. The van der Waals surface area contributed by atoms with Gasteiger partial charge >= 0.3 is 0 Å². The van der Waals surface area contributed by atoms with Gasteiger partial charge in [0.15, 0.2) is 23.0 Å². The Morgan fingerprint density at radius 1 is 0.786 bits per heavy atom. The lowest BCUT2D eigenvalue weighted by Gasteiger charge is -2.21. The highest BCUT2D eigenvalue weighted by molar-refractivity contribution is 5.42. The summed E-state index contributed by atoms with van der Waals surface area (Å²) in [7, 11) is 2.90. The summed E-state index contributed by atoms with van der Waals surface area (Å²) < 4.78 is 10.1. The molecular weight excluding hydrogens is 364 g/mol. The first-order chi connectivity index (χ1) is 13.3. The molecule has 0 saturated heterocycles. The fraction of sp³-hybridized carbons (Fsp3) is 0.429. The van der Waals surface area contributed by atoms with Crippen molar-refractivity contribution < 1.29 is 35.0 Å². The van der Waals surface area contributed by atoms with Crippen LogP contribution in [0.25, 0.3) is 0 Å². The zero-order valence-corrected chi connectivity index (χ0v) is 16.1. The Morgan fingerprint density at radius 3 is 1.89 bits per heavy atom. The molecule has 28 heavy (non-hydrogen) atoms. The Balaban J connectivity index is 1.84. The highest BCUT2D eigenvalue weighted by Gasteiger charge is 2.21. The lowest BCUT2D eigenvalue weighted by Crippen LogP contribution is -2.31. The smallest absolute Gasteiger partial charge is 0.160 e. The number of aromatic hydroxyl groups is 2. The third kappa shape index (κ3) is 6.02. The van der Waals surface area contributed by atoms with Crippen molar-refractivity contribution in [3.05, 3.63) is 47.5 Å². The van der Waals surface area contributed by atoms with Crippen LogP contribution in [-0.4, -0.2) is 58.1 Å². The summed E-state index contributed by atoms with van der Waals surface area (Å²) in [4.78, 5) is 0. The normalized spacial score (nSPS) is 14.3. The van der Waals surface area contributed by atoms with Crippen molar-refractivity contribution in [1.82, 2.24) is 0 Å². The highest BCUT2D eigenvalue weighted by Crippen LogP contribution is 2.28. The Bertz CT molecular complexity index is 762. The molecule has 0 spiro atoms. The monoisotopic (exact) mass is 392 g/mol. The van der Waals surface area contributed by atoms with Gasteiger partial charge < -0.3 is 35.0 Å². The predicted molar refractivity (Wildman–Crippen MR) is 104 cm³/mol. The topological polar surface area (TPSA) is 120 Å². The van der Waals surface area contributed by atoms with Gasteiger partial charge in [0, 0.05) is 12.8 Å². The third-order valence-corrected chi connectivity index (χ3v) is 4.66. The van der Waals surface area contributed by atoms with Crippen molar-refractivity contribution in [3.63, 3.8) is 0 Å². The number of aryl methyl sites for hydroxylation is 1. The van der Waals surface area contributed by atoms with Gasteiger partial charge in [0.2, 0.25) is 0 Å². The van der Waals surface area contributed by atoms with Crippen molar-refractivity contribution >= 4 is 0 Å². The van der Waals surface area contributed by atoms with Crippen molar-refractivity contribution in [3.8, 4) is 23.0 Å². The maximum atomic E-state index is 10.2. The summed E-state index contributed by atoms with van der Waals surface area (Å²) in [6.07, 6.45) is -1.81. The largest absolute Gasteiger partial charge is 0.504 e. The number of phenols is 2. The van der Waals surface area contributed by atoms with E-state index in [-0.39, 0.29) is 24.3 Å². The number of methoxy groups -OCH3 is 2. The van der Waals surface area contributed by atoms with Gasteiger partial charge in [-0.3, -0.25) is 0 Å². The molecule has 0 aliphatic heterocycles. The minimum atomic E-state index is -1.09. The Morgan fingerprint density at radius 2 is 1.32 bits per heavy atom. The van der Waals surface area contributed by atoms with Crippen molar-refractivity contribution in [2.75, 3.05) is 14.2 Å². The van der Waals surface area contributed by atoms with Crippen LogP contribution in [0, 0.1) is 0 Å². The molecule has 3 atom stereocenters. The molecule has 0 aliphatic rings. The van der Waals surface area contributed by atoms with Crippen LogP contribution in [0.4, 0.5) is 0 Å². The van der Waals surface area contributed by atoms with E-state index < -0.39 is 18.3 Å². The molecule has 0 bridgehead atoms. The van der Waals surface area contributed by atoms with Gasteiger partial charge in [-0.15, -0.1) is 0 Å². The lowest BCUT2D eigenvalue weighted by molar-refractivity contribution is -0.0128. The Kier molecular flexibility index (Phi) is 7.92. The van der Waals surface area contributed by atoms with E-state index in [1.54, 1.807) is 24.3 Å². The summed E-state index contributed by atoms with van der Waals surface area (Å²) >= 11 is 0. The molecule has 2 aromatic rings. The molecule has 0 aromatic heterocycles. The van der Waals surface area contributed by atoms with E-state index in [0.717, 1.165) is 5.56 Å². The number of aliphatic hydroxyl groups excluding tert-OH is 3. The van der Waals surface area contributed by atoms with E-state index >= 15 is 0 Å². The second-order valence-corrected chi connectivity index (χ2v) is 6.78. The first-order valence-corrected chi connectivity index (χ1v) is 9.10. The summed E-state index contributed by atoms with van der Waals surface area (Å²) in [5.74, 6) is 0.717. The number of benzene rings is 2. The van der Waals surface area contributed by atoms with Crippen LogP contribution >= 0.6 is 0 Å². The molecule has 7 heteroatoms. The second-order valence-electron chi connectivity index (χ2n) is 6.78. The number of aliphatic hydroxyl groups is 3. The van der Waals surface area contributed by atoms with Crippen LogP contribution in [-0.2, 0) is 12.8 Å². The van der Waals surface area contributed by atoms with E-state index in [9.17, 15) is 25.5 Å². The van der Waals surface area contributed by atoms with Gasteiger partial charge in [-0.05, 0) is 48.2 Å². The van der Waals surface area contributed by atoms with Crippen molar-refractivity contribution in [2.24, 2.45) is 0 Å². The van der Waals surface area contributed by atoms with Crippen LogP contribution in [0.1, 0.15) is 24.0 Å². The van der Waals surface area contributed by atoms with Gasteiger partial charge in [-0.2, -0.15) is 0 Å². The van der Waals surface area contributed by atoms with Crippen LogP contribution in [0.3, 0.4) is 0 Å².